The van der Waals surface area contributed by atoms with Crippen LogP contribution in [0.2, 0.25) is 5.02 Å². The molecule has 0 aliphatic rings. The highest BCUT2D eigenvalue weighted by Gasteiger charge is 2.19. The van der Waals surface area contributed by atoms with Gasteiger partial charge in [0.1, 0.15) is 18.4 Å². The van der Waals surface area contributed by atoms with Crippen LogP contribution in [-0.4, -0.2) is 18.5 Å². The number of para-hydroxylation sites is 1. The first kappa shape index (κ1) is 20.0. The van der Waals surface area contributed by atoms with Gasteiger partial charge in [-0.25, -0.2) is 4.79 Å². The smallest absolute Gasteiger partial charge is 0.375 e. The lowest BCUT2D eigenvalue weighted by Crippen LogP contribution is -2.21. The lowest BCUT2D eigenvalue weighted by molar-refractivity contribution is -0.119. The first-order valence-corrected chi connectivity index (χ1v) is 8.85. The van der Waals surface area contributed by atoms with Gasteiger partial charge >= 0.3 is 5.97 Å². The Morgan fingerprint density at radius 3 is 2.66 bits per heavy atom. The van der Waals surface area contributed by atoms with E-state index in [1.54, 1.807) is 18.2 Å². The zero-order valence-electron chi connectivity index (χ0n) is 15.1. The van der Waals surface area contributed by atoms with E-state index >= 15 is 0 Å². The van der Waals surface area contributed by atoms with Crippen LogP contribution in [0.3, 0.4) is 0 Å². The van der Waals surface area contributed by atoms with Crippen LogP contribution in [0, 0.1) is 11.3 Å². The van der Waals surface area contributed by atoms with Crippen molar-refractivity contribution in [3.05, 3.63) is 82.8 Å². The van der Waals surface area contributed by atoms with Gasteiger partial charge in [0.25, 0.3) is 5.91 Å². The first-order valence-electron chi connectivity index (χ1n) is 8.47. The molecule has 3 aromatic rings. The van der Waals surface area contributed by atoms with Gasteiger partial charge in [0.05, 0.1) is 16.8 Å². The van der Waals surface area contributed by atoms with Gasteiger partial charge < -0.3 is 19.2 Å². The van der Waals surface area contributed by atoms with Gasteiger partial charge in [-0.2, -0.15) is 5.26 Å². The van der Waals surface area contributed by atoms with Crippen LogP contribution in [0.5, 0.6) is 5.75 Å². The van der Waals surface area contributed by atoms with Gasteiger partial charge in [-0.1, -0.05) is 29.8 Å². The van der Waals surface area contributed by atoms with E-state index < -0.39 is 18.5 Å². The summed E-state index contributed by atoms with van der Waals surface area (Å²) >= 11 is 5.92. The molecule has 29 heavy (non-hydrogen) atoms. The minimum atomic E-state index is -0.783. The Kier molecular flexibility index (Phi) is 6.51. The summed E-state index contributed by atoms with van der Waals surface area (Å²) in [4.78, 5) is 24.2. The summed E-state index contributed by atoms with van der Waals surface area (Å²) in [6, 6.07) is 17.1. The molecule has 0 atom stereocenters. The summed E-state index contributed by atoms with van der Waals surface area (Å²) in [6.45, 7) is -0.406. The molecule has 2 aromatic carbocycles. The maximum Gasteiger partial charge on any atom is 0.375 e. The molecule has 7 nitrogen and oxygen atoms in total. The molecule has 8 heteroatoms. The number of furan rings is 1. The molecular formula is C21H15ClN2O5. The Bertz CT molecular complexity index is 1060. The van der Waals surface area contributed by atoms with E-state index in [-0.39, 0.29) is 17.4 Å². The van der Waals surface area contributed by atoms with E-state index in [1.807, 2.05) is 24.3 Å². The monoisotopic (exact) mass is 410 g/mol. The van der Waals surface area contributed by atoms with E-state index in [0.717, 1.165) is 0 Å². The summed E-state index contributed by atoms with van der Waals surface area (Å²) in [5, 5.41) is 11.6. The van der Waals surface area contributed by atoms with Crippen molar-refractivity contribution < 1.29 is 23.5 Å². The van der Waals surface area contributed by atoms with Crippen molar-refractivity contribution in [2.45, 2.75) is 6.61 Å². The quantitative estimate of drug-likeness (QED) is 0.586. The number of anilines is 1. The SMILES string of the molecule is N#Cc1ccc(NC(=O)COC(=O)c2occc2COc2ccccc2)cc1Cl. The standard InChI is InChI=1S/C21H15ClN2O5/c22-18-10-16(7-6-14(18)11-23)24-19(25)13-29-21(26)20-15(8-9-27-20)12-28-17-4-2-1-3-5-17/h1-10H,12-13H2,(H,24,25). The number of amides is 1. The molecule has 0 fully saturated rings. The largest absolute Gasteiger partial charge is 0.489 e. The van der Waals surface area contributed by atoms with Crippen molar-refractivity contribution in [1.29, 1.82) is 5.26 Å². The predicted octanol–water partition coefficient (Wildman–Crippen LogP) is 4.18. The number of esters is 1. The summed E-state index contributed by atoms with van der Waals surface area (Å²) < 4.78 is 15.8. The number of halogens is 1. The Labute approximate surface area is 171 Å². The van der Waals surface area contributed by atoms with Crippen molar-refractivity contribution in [1.82, 2.24) is 0 Å². The van der Waals surface area contributed by atoms with Crippen LogP contribution in [0.25, 0.3) is 0 Å². The van der Waals surface area contributed by atoms with E-state index in [9.17, 15) is 9.59 Å². The Hall–Kier alpha value is -3.76. The molecule has 0 aliphatic heterocycles. The zero-order chi connectivity index (χ0) is 20.6. The average molecular weight is 411 g/mol. The molecule has 1 aromatic heterocycles. The highest BCUT2D eigenvalue weighted by Crippen LogP contribution is 2.20. The van der Waals surface area contributed by atoms with Crippen LogP contribution in [0.4, 0.5) is 5.69 Å². The number of carbonyl (C=O) groups excluding carboxylic acids is 2. The molecule has 1 heterocycles. The highest BCUT2D eigenvalue weighted by molar-refractivity contribution is 6.32. The number of carbonyl (C=O) groups is 2. The van der Waals surface area contributed by atoms with E-state index in [1.165, 1.54) is 24.5 Å². The van der Waals surface area contributed by atoms with Crippen molar-refractivity contribution in [3.63, 3.8) is 0 Å². The number of nitrogens with zero attached hydrogens (tertiary/aromatic N) is 1. The molecule has 0 aliphatic carbocycles. The molecule has 3 rings (SSSR count). The Morgan fingerprint density at radius 2 is 1.93 bits per heavy atom. The number of rotatable bonds is 7. The van der Waals surface area contributed by atoms with Gasteiger partial charge in [-0.05, 0) is 36.4 Å². The average Bonchev–Trinajstić information content (AvgIpc) is 3.20. The topological polar surface area (TPSA) is 102 Å². The van der Waals surface area contributed by atoms with E-state index in [4.69, 9.17) is 30.8 Å². The highest BCUT2D eigenvalue weighted by atomic mass is 35.5. The lowest BCUT2D eigenvalue weighted by Gasteiger charge is -2.08. The molecule has 0 saturated heterocycles. The van der Waals surface area contributed by atoms with Crippen LogP contribution < -0.4 is 10.1 Å². The minimum absolute atomic E-state index is 0.0323. The second-order valence-corrected chi connectivity index (χ2v) is 6.21. The Balaban J connectivity index is 1.53. The molecule has 1 N–H and O–H groups in total. The van der Waals surface area contributed by atoms with E-state index in [2.05, 4.69) is 5.32 Å². The van der Waals surface area contributed by atoms with E-state index in [0.29, 0.717) is 22.6 Å². The lowest BCUT2D eigenvalue weighted by atomic mass is 10.2. The van der Waals surface area contributed by atoms with Crippen molar-refractivity contribution in [2.75, 3.05) is 11.9 Å². The number of hydrogen-bond donors (Lipinski definition) is 1. The fourth-order valence-electron chi connectivity index (χ4n) is 2.38. The molecule has 0 bridgehead atoms. The van der Waals surface area contributed by atoms with Gasteiger partial charge in [0, 0.05) is 11.3 Å². The third-order valence-corrected chi connectivity index (χ3v) is 4.09. The second-order valence-electron chi connectivity index (χ2n) is 5.81. The number of nitrogens with one attached hydrogen (secondary N) is 1. The maximum absolute atomic E-state index is 12.2. The molecule has 1 amide bonds. The van der Waals surface area contributed by atoms with Crippen molar-refractivity contribution in [2.24, 2.45) is 0 Å². The number of ether oxygens (including phenoxy) is 2. The fraction of sp³-hybridized carbons (Fsp3) is 0.0952. The second kappa shape index (κ2) is 9.44. The number of nitriles is 1. The van der Waals surface area contributed by atoms with Crippen LogP contribution in [-0.2, 0) is 16.1 Å². The fourth-order valence-corrected chi connectivity index (χ4v) is 2.61. The van der Waals surface area contributed by atoms with Crippen molar-refractivity contribution in [3.8, 4) is 11.8 Å². The molecule has 0 spiro atoms. The predicted molar refractivity (Wildman–Crippen MR) is 105 cm³/mol. The minimum Gasteiger partial charge on any atom is -0.489 e. The molecule has 0 unspecified atom stereocenters. The summed E-state index contributed by atoms with van der Waals surface area (Å²) in [7, 11) is 0. The third-order valence-electron chi connectivity index (χ3n) is 3.78. The molecular weight excluding hydrogens is 396 g/mol. The van der Waals surface area contributed by atoms with Gasteiger partial charge in [0.15, 0.2) is 6.61 Å². The van der Waals surface area contributed by atoms with Gasteiger partial charge in [-0.3, -0.25) is 4.79 Å². The first-order chi connectivity index (χ1) is 14.1. The summed E-state index contributed by atoms with van der Waals surface area (Å²) in [5.74, 6) is -0.731. The normalized spacial score (nSPS) is 10.1. The molecule has 0 radical (unpaired) electrons. The maximum atomic E-state index is 12.2. The molecule has 146 valence electrons. The number of hydrogen-bond acceptors (Lipinski definition) is 6. The van der Waals surface area contributed by atoms with Crippen molar-refractivity contribution >= 4 is 29.2 Å². The molecule has 0 saturated carbocycles. The van der Waals surface area contributed by atoms with Gasteiger partial charge in [0.2, 0.25) is 5.76 Å². The van der Waals surface area contributed by atoms with Crippen LogP contribution >= 0.6 is 11.6 Å². The zero-order valence-corrected chi connectivity index (χ0v) is 15.8. The summed E-state index contributed by atoms with van der Waals surface area (Å²) in [6.07, 6.45) is 1.35. The number of benzene rings is 2. The Morgan fingerprint density at radius 1 is 1.14 bits per heavy atom. The third kappa shape index (κ3) is 5.37. The van der Waals surface area contributed by atoms with Gasteiger partial charge in [-0.15, -0.1) is 0 Å². The van der Waals surface area contributed by atoms with Crippen LogP contribution in [0.15, 0.2) is 65.3 Å². The van der Waals surface area contributed by atoms with Crippen LogP contribution in [0.1, 0.15) is 21.7 Å². The summed E-state index contributed by atoms with van der Waals surface area (Å²) in [5.41, 5.74) is 1.17.